The molecular formula is C6H10NO2. The Morgan fingerprint density at radius 3 is 2.33 bits per heavy atom. The van der Waals surface area contributed by atoms with E-state index in [1.165, 1.54) is 0 Å². The highest BCUT2D eigenvalue weighted by atomic mass is 16.5. The van der Waals surface area contributed by atoms with Gasteiger partial charge in [0.05, 0.1) is 5.54 Å². The van der Waals surface area contributed by atoms with Crippen LogP contribution in [0.25, 0.3) is 0 Å². The van der Waals surface area contributed by atoms with Gasteiger partial charge in [0.15, 0.2) is 0 Å². The molecule has 1 aliphatic rings. The molecule has 2 N–H and O–H groups in total. The average molecular weight is 128 g/mol. The van der Waals surface area contributed by atoms with Gasteiger partial charge in [0.1, 0.15) is 0 Å². The highest BCUT2D eigenvalue weighted by Crippen LogP contribution is 2.13. The van der Waals surface area contributed by atoms with E-state index in [4.69, 9.17) is 10.5 Å². The van der Waals surface area contributed by atoms with E-state index < -0.39 is 5.54 Å². The van der Waals surface area contributed by atoms with Crippen LogP contribution in [-0.2, 0) is 9.53 Å². The van der Waals surface area contributed by atoms with Gasteiger partial charge < -0.3 is 10.5 Å². The maximum Gasteiger partial charge on any atom is 0.220 e. The quantitative estimate of drug-likeness (QED) is 0.523. The van der Waals surface area contributed by atoms with Crippen molar-refractivity contribution >= 4 is 6.29 Å². The summed E-state index contributed by atoms with van der Waals surface area (Å²) in [6, 6.07) is 0. The van der Waals surface area contributed by atoms with Crippen LogP contribution in [0.15, 0.2) is 0 Å². The van der Waals surface area contributed by atoms with Gasteiger partial charge in [-0.15, -0.1) is 0 Å². The second-order valence-corrected chi connectivity index (χ2v) is 2.37. The molecule has 1 heterocycles. The standard InChI is InChI=1S/C6H10NO2/c7-6(5-8)1-3-9-4-2-6/h1-4,7H2. The van der Waals surface area contributed by atoms with Crippen molar-refractivity contribution in [3.8, 4) is 0 Å². The lowest BCUT2D eigenvalue weighted by Crippen LogP contribution is -2.46. The first-order valence-corrected chi connectivity index (χ1v) is 3.03. The Balaban J connectivity index is 2.46. The maximum absolute atomic E-state index is 10.2. The van der Waals surface area contributed by atoms with Gasteiger partial charge in [-0.25, -0.2) is 0 Å². The summed E-state index contributed by atoms with van der Waals surface area (Å²) in [7, 11) is 0. The largest absolute Gasteiger partial charge is 0.381 e. The molecule has 1 fully saturated rings. The van der Waals surface area contributed by atoms with Crippen LogP contribution in [0.1, 0.15) is 12.8 Å². The van der Waals surface area contributed by atoms with Crippen molar-refractivity contribution in [2.75, 3.05) is 13.2 Å². The van der Waals surface area contributed by atoms with Crippen LogP contribution in [0.3, 0.4) is 0 Å². The van der Waals surface area contributed by atoms with Crippen molar-refractivity contribution in [1.29, 1.82) is 0 Å². The predicted octanol–water partition coefficient (Wildman–Crippen LogP) is -0.396. The molecule has 51 valence electrons. The number of hydrogen-bond donors (Lipinski definition) is 1. The van der Waals surface area contributed by atoms with Gasteiger partial charge in [-0.05, 0) is 12.8 Å². The highest BCUT2D eigenvalue weighted by molar-refractivity contribution is 5.64. The molecule has 0 saturated carbocycles. The molecule has 0 unspecified atom stereocenters. The lowest BCUT2D eigenvalue weighted by Gasteiger charge is -2.26. The minimum Gasteiger partial charge on any atom is -0.381 e. The minimum atomic E-state index is -0.710. The van der Waals surface area contributed by atoms with Crippen LogP contribution in [0.2, 0.25) is 0 Å². The van der Waals surface area contributed by atoms with Gasteiger partial charge in [0.25, 0.3) is 0 Å². The molecule has 0 aromatic carbocycles. The van der Waals surface area contributed by atoms with E-state index in [-0.39, 0.29) is 0 Å². The lowest BCUT2D eigenvalue weighted by molar-refractivity contribution is 0.0723. The zero-order valence-corrected chi connectivity index (χ0v) is 5.22. The molecule has 0 aromatic heterocycles. The number of nitrogens with two attached hydrogens (primary N) is 1. The molecule has 0 aromatic rings. The molecule has 9 heavy (non-hydrogen) atoms. The molecular weight excluding hydrogens is 118 g/mol. The molecule has 0 spiro atoms. The molecule has 1 saturated heterocycles. The Hall–Kier alpha value is -0.410. The van der Waals surface area contributed by atoms with E-state index in [2.05, 4.69) is 0 Å². The van der Waals surface area contributed by atoms with Crippen molar-refractivity contribution in [2.24, 2.45) is 5.73 Å². The number of carbonyl (C=O) groups excluding carboxylic acids is 1. The van der Waals surface area contributed by atoms with Gasteiger partial charge in [0.2, 0.25) is 6.29 Å². The Bertz CT molecular complexity index is 108. The molecule has 0 bridgehead atoms. The normalized spacial score (nSPS) is 25.4. The van der Waals surface area contributed by atoms with Crippen LogP contribution in [0.4, 0.5) is 0 Å². The fraction of sp³-hybridized carbons (Fsp3) is 0.833. The van der Waals surface area contributed by atoms with E-state index in [0.29, 0.717) is 26.1 Å². The molecule has 1 radical (unpaired) electrons. The van der Waals surface area contributed by atoms with Gasteiger partial charge in [-0.3, -0.25) is 4.79 Å². The van der Waals surface area contributed by atoms with Crippen LogP contribution < -0.4 is 5.73 Å². The van der Waals surface area contributed by atoms with Crippen molar-refractivity contribution in [1.82, 2.24) is 0 Å². The monoisotopic (exact) mass is 128 g/mol. The SMILES string of the molecule is NC1([C]=O)CCOCC1. The number of ether oxygens (including phenoxy) is 1. The maximum atomic E-state index is 10.2. The molecule has 0 atom stereocenters. The summed E-state index contributed by atoms with van der Waals surface area (Å²) in [6.45, 7) is 1.18. The first kappa shape index (κ1) is 6.71. The molecule has 3 heteroatoms. The summed E-state index contributed by atoms with van der Waals surface area (Å²) < 4.78 is 5.01. The van der Waals surface area contributed by atoms with E-state index in [9.17, 15) is 4.79 Å². The van der Waals surface area contributed by atoms with Crippen molar-refractivity contribution in [2.45, 2.75) is 18.4 Å². The number of hydrogen-bond acceptors (Lipinski definition) is 3. The third-order valence-electron chi connectivity index (χ3n) is 1.59. The zero-order chi connectivity index (χ0) is 6.74. The molecule has 0 amide bonds. The molecule has 1 rings (SSSR count). The van der Waals surface area contributed by atoms with Crippen molar-refractivity contribution in [3.63, 3.8) is 0 Å². The fourth-order valence-corrected chi connectivity index (χ4v) is 0.838. The van der Waals surface area contributed by atoms with Gasteiger partial charge in [-0.2, -0.15) is 0 Å². The number of rotatable bonds is 1. The van der Waals surface area contributed by atoms with Crippen molar-refractivity contribution < 1.29 is 9.53 Å². The third-order valence-corrected chi connectivity index (χ3v) is 1.59. The fourth-order valence-electron chi connectivity index (χ4n) is 0.838. The summed E-state index contributed by atoms with van der Waals surface area (Å²) in [5.41, 5.74) is 4.84. The van der Waals surface area contributed by atoms with Gasteiger partial charge in [-0.1, -0.05) is 0 Å². The summed E-state index contributed by atoms with van der Waals surface area (Å²) in [4.78, 5) is 10.2. The molecule has 1 aliphatic heterocycles. The lowest BCUT2D eigenvalue weighted by atomic mass is 9.94. The van der Waals surface area contributed by atoms with Crippen LogP contribution in [0.5, 0.6) is 0 Å². The summed E-state index contributed by atoms with van der Waals surface area (Å²) in [5.74, 6) is 0. The average Bonchev–Trinajstić information content (AvgIpc) is 1.90. The first-order chi connectivity index (χ1) is 4.27. The van der Waals surface area contributed by atoms with Crippen LogP contribution in [-0.4, -0.2) is 25.0 Å². The van der Waals surface area contributed by atoms with E-state index >= 15 is 0 Å². The van der Waals surface area contributed by atoms with Crippen LogP contribution >= 0.6 is 0 Å². The van der Waals surface area contributed by atoms with E-state index in [1.54, 1.807) is 0 Å². The Kier molecular flexibility index (Phi) is 1.83. The second-order valence-electron chi connectivity index (χ2n) is 2.37. The zero-order valence-electron chi connectivity index (χ0n) is 5.22. The highest BCUT2D eigenvalue weighted by Gasteiger charge is 2.27. The summed E-state index contributed by atoms with van der Waals surface area (Å²) in [5, 5.41) is 0. The van der Waals surface area contributed by atoms with Crippen molar-refractivity contribution in [3.05, 3.63) is 0 Å². The van der Waals surface area contributed by atoms with Crippen LogP contribution in [0, 0.1) is 0 Å². The third kappa shape index (κ3) is 1.50. The predicted molar refractivity (Wildman–Crippen MR) is 32.7 cm³/mol. The second kappa shape index (κ2) is 2.45. The minimum absolute atomic E-state index is 0.589. The smallest absolute Gasteiger partial charge is 0.220 e. The Morgan fingerprint density at radius 2 is 2.00 bits per heavy atom. The molecule has 3 nitrogen and oxygen atoms in total. The Morgan fingerprint density at radius 1 is 1.44 bits per heavy atom. The molecule has 0 aliphatic carbocycles. The van der Waals surface area contributed by atoms with Gasteiger partial charge in [0, 0.05) is 13.2 Å². The topological polar surface area (TPSA) is 52.3 Å². The summed E-state index contributed by atoms with van der Waals surface area (Å²) in [6.07, 6.45) is 3.04. The van der Waals surface area contributed by atoms with E-state index in [0.717, 1.165) is 0 Å². The summed E-state index contributed by atoms with van der Waals surface area (Å²) >= 11 is 0. The first-order valence-electron chi connectivity index (χ1n) is 3.03. The Labute approximate surface area is 54.2 Å². The van der Waals surface area contributed by atoms with E-state index in [1.807, 2.05) is 6.29 Å². The van der Waals surface area contributed by atoms with Gasteiger partial charge >= 0.3 is 0 Å².